The van der Waals surface area contributed by atoms with Crippen molar-refractivity contribution in [3.8, 4) is 0 Å². The first-order valence-electron chi connectivity index (χ1n) is 4.51. The maximum Gasteiger partial charge on any atom is 0.315 e. The Kier molecular flexibility index (Phi) is 3.54. The summed E-state index contributed by atoms with van der Waals surface area (Å²) in [6.07, 6.45) is 4.40. The quantitative estimate of drug-likeness (QED) is 0.564. The van der Waals surface area contributed by atoms with E-state index >= 15 is 0 Å². The van der Waals surface area contributed by atoms with Crippen LogP contribution in [0.15, 0.2) is 0 Å². The van der Waals surface area contributed by atoms with Gasteiger partial charge < -0.3 is 16.4 Å². The largest absolute Gasteiger partial charge is 0.368 e. The molecule has 0 bridgehead atoms. The maximum absolute atomic E-state index is 11.1. The van der Waals surface area contributed by atoms with Gasteiger partial charge in [-0.1, -0.05) is 12.8 Å². The van der Waals surface area contributed by atoms with Gasteiger partial charge in [0.15, 0.2) is 0 Å². The van der Waals surface area contributed by atoms with Gasteiger partial charge in [0.2, 0.25) is 5.91 Å². The summed E-state index contributed by atoms with van der Waals surface area (Å²) in [5.41, 5.74) is 4.87. The van der Waals surface area contributed by atoms with E-state index in [4.69, 9.17) is 5.73 Å². The van der Waals surface area contributed by atoms with Gasteiger partial charge in [-0.25, -0.2) is 4.79 Å². The lowest BCUT2D eigenvalue weighted by Gasteiger charge is -2.11. The molecular weight excluding hydrogens is 170 g/mol. The van der Waals surface area contributed by atoms with E-state index in [1.807, 2.05) is 0 Å². The predicted molar refractivity (Wildman–Crippen MR) is 48.0 cm³/mol. The second kappa shape index (κ2) is 4.69. The Morgan fingerprint density at radius 1 is 1.31 bits per heavy atom. The number of primary amides is 1. The van der Waals surface area contributed by atoms with Crippen LogP contribution in [0.4, 0.5) is 4.79 Å². The normalized spacial score (nSPS) is 16.9. The molecule has 1 rings (SSSR count). The fraction of sp³-hybridized carbons (Fsp3) is 0.750. The highest BCUT2D eigenvalue weighted by Gasteiger charge is 2.16. The van der Waals surface area contributed by atoms with Crippen molar-refractivity contribution in [3.05, 3.63) is 0 Å². The first kappa shape index (κ1) is 9.83. The Bertz CT molecular complexity index is 200. The lowest BCUT2D eigenvalue weighted by atomic mass is 10.2. The molecule has 0 aromatic heterocycles. The van der Waals surface area contributed by atoms with Gasteiger partial charge in [0, 0.05) is 6.04 Å². The van der Waals surface area contributed by atoms with Crippen LogP contribution < -0.4 is 16.4 Å². The average molecular weight is 185 g/mol. The fourth-order valence-corrected chi connectivity index (χ4v) is 1.47. The summed E-state index contributed by atoms with van der Waals surface area (Å²) in [5, 5.41) is 5.16. The van der Waals surface area contributed by atoms with Crippen LogP contribution in [0.1, 0.15) is 25.7 Å². The number of rotatable bonds is 3. The van der Waals surface area contributed by atoms with Crippen LogP contribution in [-0.2, 0) is 4.79 Å². The molecule has 0 aromatic rings. The molecule has 0 saturated heterocycles. The second-order valence-corrected chi connectivity index (χ2v) is 3.27. The molecule has 1 aliphatic rings. The molecule has 0 radical (unpaired) electrons. The minimum Gasteiger partial charge on any atom is -0.368 e. The Hall–Kier alpha value is -1.26. The molecule has 3 amide bonds. The van der Waals surface area contributed by atoms with Crippen LogP contribution >= 0.6 is 0 Å². The molecule has 5 heteroatoms. The van der Waals surface area contributed by atoms with Gasteiger partial charge in [-0.15, -0.1) is 0 Å². The van der Waals surface area contributed by atoms with Crippen molar-refractivity contribution in [1.29, 1.82) is 0 Å². The fourth-order valence-electron chi connectivity index (χ4n) is 1.47. The van der Waals surface area contributed by atoms with E-state index in [1.54, 1.807) is 0 Å². The number of hydrogen-bond donors (Lipinski definition) is 3. The summed E-state index contributed by atoms with van der Waals surface area (Å²) in [6, 6.07) is -0.0291. The lowest BCUT2D eigenvalue weighted by Crippen LogP contribution is -2.43. The van der Waals surface area contributed by atoms with Crippen LogP contribution in [0.3, 0.4) is 0 Å². The number of nitrogens with two attached hydrogens (primary N) is 1. The van der Waals surface area contributed by atoms with Crippen LogP contribution in [0.2, 0.25) is 0 Å². The van der Waals surface area contributed by atoms with Crippen molar-refractivity contribution < 1.29 is 9.59 Å². The highest BCUT2D eigenvalue weighted by molar-refractivity contribution is 5.82. The summed E-state index contributed by atoms with van der Waals surface area (Å²) in [6.45, 7) is -0.0987. The number of nitrogens with one attached hydrogen (secondary N) is 2. The molecule has 74 valence electrons. The second-order valence-electron chi connectivity index (χ2n) is 3.27. The zero-order chi connectivity index (χ0) is 9.68. The molecule has 0 spiro atoms. The smallest absolute Gasteiger partial charge is 0.315 e. The number of hydrogen-bond acceptors (Lipinski definition) is 2. The summed E-state index contributed by atoms with van der Waals surface area (Å²) < 4.78 is 0. The molecule has 1 fully saturated rings. The van der Waals surface area contributed by atoms with Crippen LogP contribution in [0.5, 0.6) is 0 Å². The van der Waals surface area contributed by atoms with Crippen LogP contribution in [-0.4, -0.2) is 24.5 Å². The van der Waals surface area contributed by atoms with Gasteiger partial charge in [0.05, 0.1) is 6.54 Å². The van der Waals surface area contributed by atoms with E-state index < -0.39 is 5.91 Å². The summed E-state index contributed by atoms with van der Waals surface area (Å²) in [4.78, 5) is 21.4. The third-order valence-corrected chi connectivity index (χ3v) is 2.11. The first-order valence-corrected chi connectivity index (χ1v) is 4.51. The van der Waals surface area contributed by atoms with Gasteiger partial charge in [-0.2, -0.15) is 0 Å². The van der Waals surface area contributed by atoms with E-state index in [9.17, 15) is 9.59 Å². The zero-order valence-electron chi connectivity index (χ0n) is 7.51. The third-order valence-electron chi connectivity index (χ3n) is 2.11. The molecule has 0 aromatic carbocycles. The van der Waals surface area contributed by atoms with Gasteiger partial charge in [0.1, 0.15) is 0 Å². The van der Waals surface area contributed by atoms with Crippen molar-refractivity contribution in [1.82, 2.24) is 10.6 Å². The molecule has 0 heterocycles. The van der Waals surface area contributed by atoms with Gasteiger partial charge in [-0.05, 0) is 12.8 Å². The zero-order valence-corrected chi connectivity index (χ0v) is 7.51. The average Bonchev–Trinajstić information content (AvgIpc) is 2.53. The number of carbonyl (C=O) groups excluding carboxylic acids is 2. The number of urea groups is 1. The first-order chi connectivity index (χ1) is 6.18. The molecule has 0 unspecified atom stereocenters. The van der Waals surface area contributed by atoms with Crippen LogP contribution in [0.25, 0.3) is 0 Å². The molecule has 1 saturated carbocycles. The SMILES string of the molecule is NC(=O)CNC(=O)NC1CCCC1. The van der Waals surface area contributed by atoms with E-state index in [-0.39, 0.29) is 18.6 Å². The Morgan fingerprint density at radius 3 is 2.46 bits per heavy atom. The Morgan fingerprint density at radius 2 is 1.92 bits per heavy atom. The summed E-state index contributed by atoms with van der Waals surface area (Å²) in [7, 11) is 0. The maximum atomic E-state index is 11.1. The van der Waals surface area contributed by atoms with Crippen molar-refractivity contribution in [3.63, 3.8) is 0 Å². The minimum absolute atomic E-state index is 0.0987. The van der Waals surface area contributed by atoms with Crippen molar-refractivity contribution in [2.75, 3.05) is 6.54 Å². The van der Waals surface area contributed by atoms with Gasteiger partial charge >= 0.3 is 6.03 Å². The Balaban J connectivity index is 2.13. The van der Waals surface area contributed by atoms with Crippen molar-refractivity contribution >= 4 is 11.9 Å². The van der Waals surface area contributed by atoms with Crippen molar-refractivity contribution in [2.24, 2.45) is 5.73 Å². The van der Waals surface area contributed by atoms with E-state index in [0.29, 0.717) is 0 Å². The molecule has 4 N–H and O–H groups in total. The van der Waals surface area contributed by atoms with Crippen molar-refractivity contribution in [2.45, 2.75) is 31.7 Å². The number of carbonyl (C=O) groups is 2. The van der Waals surface area contributed by atoms with Gasteiger partial charge in [0.25, 0.3) is 0 Å². The highest BCUT2D eigenvalue weighted by Crippen LogP contribution is 2.17. The van der Waals surface area contributed by atoms with E-state index in [2.05, 4.69) is 10.6 Å². The monoisotopic (exact) mass is 185 g/mol. The Labute approximate surface area is 77.1 Å². The molecular formula is C8H15N3O2. The molecule has 1 aliphatic carbocycles. The predicted octanol–water partition coefficient (Wildman–Crippen LogP) is -0.287. The highest BCUT2D eigenvalue weighted by atomic mass is 16.2. The molecule has 0 atom stereocenters. The third kappa shape index (κ3) is 3.78. The molecule has 13 heavy (non-hydrogen) atoms. The minimum atomic E-state index is -0.526. The van der Waals surface area contributed by atoms with Gasteiger partial charge in [-0.3, -0.25) is 4.79 Å². The summed E-state index contributed by atoms with van der Waals surface area (Å²) in [5.74, 6) is -0.526. The molecule has 0 aliphatic heterocycles. The summed E-state index contributed by atoms with van der Waals surface area (Å²) >= 11 is 0. The molecule has 5 nitrogen and oxygen atoms in total. The van der Waals surface area contributed by atoms with E-state index in [0.717, 1.165) is 12.8 Å². The topological polar surface area (TPSA) is 84.2 Å². The standard InChI is InChI=1S/C8H15N3O2/c9-7(12)5-10-8(13)11-6-3-1-2-4-6/h6H,1-5H2,(H2,9,12)(H2,10,11,13). The van der Waals surface area contributed by atoms with Crippen LogP contribution in [0, 0.1) is 0 Å². The number of amides is 3. The lowest BCUT2D eigenvalue weighted by molar-refractivity contribution is -0.117. The van der Waals surface area contributed by atoms with E-state index in [1.165, 1.54) is 12.8 Å².